The summed E-state index contributed by atoms with van der Waals surface area (Å²) >= 11 is 0. The number of esters is 1. The van der Waals surface area contributed by atoms with Crippen LogP contribution >= 0.6 is 0 Å². The van der Waals surface area contributed by atoms with Crippen molar-refractivity contribution in [2.45, 2.75) is 57.5 Å². The molecular weight excluding hydrogens is 376 g/mol. The molecular formula is C21H30N2O6. The molecule has 0 radical (unpaired) electrons. The summed E-state index contributed by atoms with van der Waals surface area (Å²) in [6.45, 7) is 7.51. The van der Waals surface area contributed by atoms with Crippen molar-refractivity contribution in [1.82, 2.24) is 10.4 Å². The van der Waals surface area contributed by atoms with Crippen LogP contribution < -0.4 is 5.48 Å². The van der Waals surface area contributed by atoms with Gasteiger partial charge in [0.25, 0.3) is 0 Å². The topological polar surface area (TPSA) is 86.3 Å². The van der Waals surface area contributed by atoms with E-state index < -0.39 is 29.5 Å². The van der Waals surface area contributed by atoms with Crippen molar-refractivity contribution >= 4 is 12.1 Å². The van der Waals surface area contributed by atoms with Gasteiger partial charge in [-0.15, -0.1) is 5.48 Å². The molecule has 1 atom stereocenters. The molecule has 0 bridgehead atoms. The monoisotopic (exact) mass is 406 g/mol. The minimum absolute atomic E-state index is 0.341. The molecule has 2 heterocycles. The predicted molar refractivity (Wildman–Crippen MR) is 105 cm³/mol. The number of hydrogen-bond acceptors (Lipinski definition) is 7. The standard InChI is InChI=1S/C21H30N2O6/c1-20(2,3)28-18(24)17(15-16-7-5-4-6-8-16)22-29-19(25)23-11-9-21(10-12-23)26-13-14-27-21/h4-8,17,22H,9-15H2,1-3H3/t17-/m0/s1. The zero-order valence-corrected chi connectivity index (χ0v) is 17.3. The molecule has 3 rings (SSSR count). The number of benzene rings is 1. The first kappa shape index (κ1) is 21.5. The minimum Gasteiger partial charge on any atom is -0.459 e. The highest BCUT2D eigenvalue weighted by atomic mass is 16.7. The Hall–Kier alpha value is -2.16. The Morgan fingerprint density at radius 2 is 1.76 bits per heavy atom. The quantitative estimate of drug-likeness (QED) is 0.594. The first-order chi connectivity index (χ1) is 13.8. The van der Waals surface area contributed by atoms with Crippen molar-refractivity contribution in [2.75, 3.05) is 26.3 Å². The Kier molecular flexibility index (Phi) is 6.77. The lowest BCUT2D eigenvalue weighted by Gasteiger charge is -2.36. The first-order valence-corrected chi connectivity index (χ1v) is 10.0. The Morgan fingerprint density at radius 3 is 2.34 bits per heavy atom. The maximum absolute atomic E-state index is 12.6. The van der Waals surface area contributed by atoms with E-state index in [1.165, 1.54) is 0 Å². The number of hydroxylamine groups is 1. The van der Waals surface area contributed by atoms with Crippen LogP contribution in [0.25, 0.3) is 0 Å². The van der Waals surface area contributed by atoms with Crippen LogP contribution in [0.5, 0.6) is 0 Å². The van der Waals surface area contributed by atoms with E-state index in [4.69, 9.17) is 19.0 Å². The highest BCUT2D eigenvalue weighted by Crippen LogP contribution is 2.31. The van der Waals surface area contributed by atoms with Crippen molar-refractivity contribution in [2.24, 2.45) is 0 Å². The molecule has 160 valence electrons. The second-order valence-electron chi connectivity index (χ2n) is 8.36. The molecule has 2 aliphatic rings. The van der Waals surface area contributed by atoms with Crippen molar-refractivity contribution in [3.05, 3.63) is 35.9 Å². The number of likely N-dealkylation sites (tertiary alicyclic amines) is 1. The van der Waals surface area contributed by atoms with Gasteiger partial charge < -0.3 is 23.9 Å². The number of nitrogens with one attached hydrogen (secondary N) is 1. The summed E-state index contributed by atoms with van der Waals surface area (Å²) in [7, 11) is 0. The fraction of sp³-hybridized carbons (Fsp3) is 0.619. The maximum atomic E-state index is 12.6. The van der Waals surface area contributed by atoms with Crippen LogP contribution in [0.3, 0.4) is 0 Å². The van der Waals surface area contributed by atoms with Crippen molar-refractivity contribution in [3.63, 3.8) is 0 Å². The number of nitrogens with zero attached hydrogens (tertiary/aromatic N) is 1. The normalized spacial score (nSPS) is 19.8. The van der Waals surface area contributed by atoms with Gasteiger partial charge in [-0.25, -0.2) is 4.79 Å². The van der Waals surface area contributed by atoms with Crippen LogP contribution in [-0.2, 0) is 30.3 Å². The zero-order valence-electron chi connectivity index (χ0n) is 17.3. The van der Waals surface area contributed by atoms with E-state index >= 15 is 0 Å². The van der Waals surface area contributed by atoms with E-state index in [0.29, 0.717) is 45.6 Å². The van der Waals surface area contributed by atoms with Crippen LogP contribution in [-0.4, -0.2) is 60.7 Å². The summed E-state index contributed by atoms with van der Waals surface area (Å²) in [6.07, 6.45) is 1.01. The summed E-state index contributed by atoms with van der Waals surface area (Å²) in [5.74, 6) is -1.03. The number of rotatable bonds is 5. The number of piperidine rings is 1. The van der Waals surface area contributed by atoms with Gasteiger partial charge in [-0.2, -0.15) is 0 Å². The fourth-order valence-corrected chi connectivity index (χ4v) is 3.40. The average molecular weight is 406 g/mol. The number of ether oxygens (including phenoxy) is 3. The van der Waals surface area contributed by atoms with Crippen molar-refractivity contribution in [3.8, 4) is 0 Å². The second-order valence-corrected chi connectivity index (χ2v) is 8.36. The molecule has 2 fully saturated rings. The van der Waals surface area contributed by atoms with E-state index in [1.807, 2.05) is 30.3 Å². The van der Waals surface area contributed by atoms with E-state index in [0.717, 1.165) is 5.56 Å². The third kappa shape index (κ3) is 6.16. The summed E-state index contributed by atoms with van der Waals surface area (Å²) in [5, 5.41) is 0. The lowest BCUT2D eigenvalue weighted by Crippen LogP contribution is -2.50. The highest BCUT2D eigenvalue weighted by Gasteiger charge is 2.41. The summed E-state index contributed by atoms with van der Waals surface area (Å²) in [4.78, 5) is 31.9. The summed E-state index contributed by atoms with van der Waals surface area (Å²) in [6, 6.07) is 8.70. The first-order valence-electron chi connectivity index (χ1n) is 10.0. The van der Waals surface area contributed by atoms with Gasteiger partial charge in [-0.1, -0.05) is 30.3 Å². The second kappa shape index (κ2) is 9.11. The lowest BCUT2D eigenvalue weighted by molar-refractivity contribution is -0.183. The third-order valence-electron chi connectivity index (χ3n) is 4.86. The Balaban J connectivity index is 1.55. The van der Waals surface area contributed by atoms with Gasteiger partial charge in [0.2, 0.25) is 0 Å². The SMILES string of the molecule is CC(C)(C)OC(=O)[C@H](Cc1ccccc1)NOC(=O)N1CCC2(CC1)OCCO2. The van der Waals surface area contributed by atoms with Gasteiger partial charge in [0.05, 0.1) is 13.2 Å². The van der Waals surface area contributed by atoms with Crippen molar-refractivity contribution in [1.29, 1.82) is 0 Å². The molecule has 0 unspecified atom stereocenters. The zero-order chi connectivity index (χ0) is 20.9. The number of amides is 1. The molecule has 29 heavy (non-hydrogen) atoms. The van der Waals surface area contributed by atoms with Gasteiger partial charge >= 0.3 is 12.1 Å². The molecule has 2 aliphatic heterocycles. The molecule has 0 aliphatic carbocycles. The summed E-state index contributed by atoms with van der Waals surface area (Å²) in [5.41, 5.74) is 2.91. The van der Waals surface area contributed by atoms with Gasteiger partial charge in [0.15, 0.2) is 5.79 Å². The van der Waals surface area contributed by atoms with E-state index in [9.17, 15) is 9.59 Å². The molecule has 8 nitrogen and oxygen atoms in total. The molecule has 2 saturated heterocycles. The van der Waals surface area contributed by atoms with Crippen LogP contribution in [0.15, 0.2) is 30.3 Å². The van der Waals surface area contributed by atoms with Crippen LogP contribution in [0.1, 0.15) is 39.2 Å². The third-order valence-corrected chi connectivity index (χ3v) is 4.86. The van der Waals surface area contributed by atoms with Crippen molar-refractivity contribution < 1.29 is 28.6 Å². The van der Waals surface area contributed by atoms with Gasteiger partial charge in [0, 0.05) is 32.4 Å². The van der Waals surface area contributed by atoms with E-state index in [1.54, 1.807) is 25.7 Å². The predicted octanol–water partition coefficient (Wildman–Crippen LogP) is 2.42. The summed E-state index contributed by atoms with van der Waals surface area (Å²) < 4.78 is 16.8. The van der Waals surface area contributed by atoms with Gasteiger partial charge in [0.1, 0.15) is 11.6 Å². The van der Waals surface area contributed by atoms with E-state index in [-0.39, 0.29) is 0 Å². The largest absolute Gasteiger partial charge is 0.459 e. The molecule has 0 aromatic heterocycles. The molecule has 1 aromatic carbocycles. The molecule has 1 aromatic rings. The number of hydrogen-bond donors (Lipinski definition) is 1. The molecule has 0 saturated carbocycles. The molecule has 8 heteroatoms. The Labute approximate surface area is 171 Å². The average Bonchev–Trinajstić information content (AvgIpc) is 3.13. The van der Waals surface area contributed by atoms with E-state index in [2.05, 4.69) is 5.48 Å². The smallest absolute Gasteiger partial charge is 0.428 e. The fourth-order valence-electron chi connectivity index (χ4n) is 3.40. The van der Waals surface area contributed by atoms with Crippen LogP contribution in [0.4, 0.5) is 4.79 Å². The minimum atomic E-state index is -0.807. The van der Waals surface area contributed by atoms with Gasteiger partial charge in [-0.3, -0.25) is 4.79 Å². The molecule has 1 amide bonds. The lowest BCUT2D eigenvalue weighted by atomic mass is 10.0. The Morgan fingerprint density at radius 1 is 1.14 bits per heavy atom. The number of carbonyl (C=O) groups excluding carboxylic acids is 2. The highest BCUT2D eigenvalue weighted by molar-refractivity contribution is 5.77. The Bertz CT molecular complexity index is 687. The van der Waals surface area contributed by atoms with Crippen LogP contribution in [0.2, 0.25) is 0 Å². The molecule has 1 N–H and O–H groups in total. The number of carbonyl (C=O) groups is 2. The van der Waals surface area contributed by atoms with Gasteiger partial charge in [-0.05, 0) is 26.3 Å². The molecule has 1 spiro atoms. The maximum Gasteiger partial charge on any atom is 0.428 e. The van der Waals surface area contributed by atoms with Crippen LogP contribution in [0, 0.1) is 0 Å².